The second-order valence-corrected chi connectivity index (χ2v) is 3.77. The third-order valence-corrected chi connectivity index (χ3v) is 2.53. The Labute approximate surface area is 97.9 Å². The number of carbonyl (C=O) groups is 1. The molecule has 0 fully saturated rings. The number of hydrogen-bond donors (Lipinski definition) is 1. The van der Waals surface area contributed by atoms with Crippen LogP contribution in [0.25, 0.3) is 0 Å². The summed E-state index contributed by atoms with van der Waals surface area (Å²) in [6, 6.07) is 1.67. The number of nitrogens with one attached hydrogen (secondary N) is 1. The van der Waals surface area contributed by atoms with Crippen molar-refractivity contribution in [3.8, 4) is 0 Å². The zero-order chi connectivity index (χ0) is 12.4. The van der Waals surface area contributed by atoms with Crippen LogP contribution in [0.1, 0.15) is 10.5 Å². The Hall–Kier alpha value is -1.89. The Morgan fingerprint density at radius 3 is 2.65 bits per heavy atom. The number of hydrogen-bond acceptors (Lipinski definition) is 3. The Balaban J connectivity index is 2.25. The van der Waals surface area contributed by atoms with Crippen molar-refractivity contribution in [1.29, 1.82) is 0 Å². The number of thiazole rings is 1. The molecule has 1 aromatic carbocycles. The Morgan fingerprint density at radius 1 is 1.24 bits per heavy atom. The molecule has 0 unspecified atom stereocenters. The zero-order valence-electron chi connectivity index (χ0n) is 8.21. The molecular weight excluding hydrogens is 253 g/mol. The van der Waals surface area contributed by atoms with E-state index in [2.05, 4.69) is 10.3 Å². The second-order valence-electron chi connectivity index (χ2n) is 3.05. The molecule has 0 saturated heterocycles. The van der Waals surface area contributed by atoms with Gasteiger partial charge >= 0.3 is 0 Å². The summed E-state index contributed by atoms with van der Waals surface area (Å²) in [5.74, 6) is -5.06. The maximum atomic E-state index is 13.2. The summed E-state index contributed by atoms with van der Waals surface area (Å²) >= 11 is 1.19. The van der Waals surface area contributed by atoms with E-state index in [1.807, 2.05) is 0 Å². The van der Waals surface area contributed by atoms with Gasteiger partial charge in [0.2, 0.25) is 0 Å². The molecule has 7 heteroatoms. The maximum absolute atomic E-state index is 13.2. The van der Waals surface area contributed by atoms with E-state index < -0.39 is 29.0 Å². The molecule has 1 amide bonds. The number of amides is 1. The van der Waals surface area contributed by atoms with E-state index in [4.69, 9.17) is 0 Å². The van der Waals surface area contributed by atoms with E-state index in [1.54, 1.807) is 0 Å². The lowest BCUT2D eigenvalue weighted by Gasteiger charge is -2.05. The minimum absolute atomic E-state index is 0.0825. The number of benzene rings is 1. The Kier molecular flexibility index (Phi) is 3.10. The topological polar surface area (TPSA) is 42.0 Å². The molecule has 0 aliphatic rings. The molecule has 1 heterocycles. The summed E-state index contributed by atoms with van der Waals surface area (Å²) in [6.45, 7) is 0. The van der Waals surface area contributed by atoms with Gasteiger partial charge in [-0.2, -0.15) is 0 Å². The molecule has 3 nitrogen and oxygen atoms in total. The quantitative estimate of drug-likeness (QED) is 0.841. The molecule has 0 bridgehead atoms. The van der Waals surface area contributed by atoms with Gasteiger partial charge in [-0.05, 0) is 12.1 Å². The van der Waals surface area contributed by atoms with Gasteiger partial charge in [0.25, 0.3) is 5.91 Å². The van der Waals surface area contributed by atoms with Crippen molar-refractivity contribution in [3.05, 3.63) is 46.2 Å². The molecule has 0 radical (unpaired) electrons. The highest BCUT2D eigenvalue weighted by atomic mass is 32.1. The summed E-state index contributed by atoms with van der Waals surface area (Å²) in [4.78, 5) is 15.2. The first-order chi connectivity index (χ1) is 8.09. The number of rotatable bonds is 2. The summed E-state index contributed by atoms with van der Waals surface area (Å²) in [5, 5.41) is 3.56. The number of nitrogens with zero attached hydrogens (tertiary/aromatic N) is 1. The first-order valence-corrected chi connectivity index (χ1v) is 5.37. The highest BCUT2D eigenvalue weighted by Gasteiger charge is 2.16. The van der Waals surface area contributed by atoms with Crippen molar-refractivity contribution in [2.75, 3.05) is 5.32 Å². The van der Waals surface area contributed by atoms with Gasteiger partial charge in [0.05, 0.1) is 11.2 Å². The minimum atomic E-state index is -1.62. The van der Waals surface area contributed by atoms with E-state index in [0.717, 1.165) is 12.1 Å². The fraction of sp³-hybridized carbons (Fsp3) is 0. The van der Waals surface area contributed by atoms with Gasteiger partial charge in [-0.3, -0.25) is 4.79 Å². The fourth-order valence-electron chi connectivity index (χ4n) is 1.13. The molecule has 17 heavy (non-hydrogen) atoms. The average molecular weight is 258 g/mol. The van der Waals surface area contributed by atoms with Crippen molar-refractivity contribution in [1.82, 2.24) is 4.98 Å². The van der Waals surface area contributed by atoms with Gasteiger partial charge < -0.3 is 5.32 Å². The normalized spacial score (nSPS) is 10.3. The molecule has 2 rings (SSSR count). The smallest absolute Gasteiger partial charge is 0.275 e. The number of anilines is 1. The lowest BCUT2D eigenvalue weighted by Crippen LogP contribution is -2.14. The predicted molar refractivity (Wildman–Crippen MR) is 56.4 cm³/mol. The number of aromatic nitrogens is 1. The molecule has 1 aromatic heterocycles. The Morgan fingerprint density at radius 2 is 2.00 bits per heavy atom. The number of carbonyl (C=O) groups excluding carboxylic acids is 1. The highest BCUT2D eigenvalue weighted by Crippen LogP contribution is 2.20. The van der Waals surface area contributed by atoms with E-state index in [-0.39, 0.29) is 5.69 Å². The molecule has 88 valence electrons. The second kappa shape index (κ2) is 4.54. The lowest BCUT2D eigenvalue weighted by molar-refractivity contribution is 0.102. The van der Waals surface area contributed by atoms with Gasteiger partial charge in [0.1, 0.15) is 5.69 Å². The minimum Gasteiger partial charge on any atom is -0.318 e. The molecular formula is C10H5F3N2OS. The Bertz CT molecular complexity index is 557. The summed E-state index contributed by atoms with van der Waals surface area (Å²) in [7, 11) is 0. The van der Waals surface area contributed by atoms with Crippen molar-refractivity contribution >= 4 is 22.9 Å². The summed E-state index contributed by atoms with van der Waals surface area (Å²) in [5.41, 5.74) is 1.08. The van der Waals surface area contributed by atoms with Gasteiger partial charge in [-0.25, -0.2) is 18.2 Å². The van der Waals surface area contributed by atoms with Gasteiger partial charge in [0, 0.05) is 5.38 Å². The molecule has 1 N–H and O–H groups in total. The van der Waals surface area contributed by atoms with Crippen molar-refractivity contribution in [2.24, 2.45) is 0 Å². The van der Waals surface area contributed by atoms with Gasteiger partial charge in [-0.15, -0.1) is 11.3 Å². The van der Waals surface area contributed by atoms with Crippen molar-refractivity contribution in [3.63, 3.8) is 0 Å². The largest absolute Gasteiger partial charge is 0.318 e. The van der Waals surface area contributed by atoms with Crippen LogP contribution in [0.2, 0.25) is 0 Å². The predicted octanol–water partition coefficient (Wildman–Crippen LogP) is 2.81. The van der Waals surface area contributed by atoms with Crippen LogP contribution >= 0.6 is 11.3 Å². The molecule has 0 aliphatic carbocycles. The monoisotopic (exact) mass is 258 g/mol. The highest BCUT2D eigenvalue weighted by molar-refractivity contribution is 7.07. The van der Waals surface area contributed by atoms with Crippen LogP contribution < -0.4 is 5.32 Å². The summed E-state index contributed by atoms with van der Waals surface area (Å²) in [6.07, 6.45) is 0. The molecule has 0 aliphatic heterocycles. The van der Waals surface area contributed by atoms with Crippen molar-refractivity contribution in [2.45, 2.75) is 0 Å². The standard InChI is InChI=1S/C10H5F3N2OS/c11-5-1-2-6(9(13)8(5)12)15-10(16)7-3-17-4-14-7/h1-4H,(H,15,16). The maximum Gasteiger partial charge on any atom is 0.275 e. The molecule has 0 saturated carbocycles. The molecule has 0 spiro atoms. The molecule has 2 aromatic rings. The van der Waals surface area contributed by atoms with Gasteiger partial charge in [-0.1, -0.05) is 0 Å². The first-order valence-electron chi connectivity index (χ1n) is 4.42. The first kappa shape index (κ1) is 11.6. The van der Waals surface area contributed by atoms with Crippen LogP contribution in [0.15, 0.2) is 23.0 Å². The van der Waals surface area contributed by atoms with Crippen LogP contribution in [-0.2, 0) is 0 Å². The van der Waals surface area contributed by atoms with E-state index in [9.17, 15) is 18.0 Å². The van der Waals surface area contributed by atoms with Crippen LogP contribution in [0, 0.1) is 17.5 Å². The van der Waals surface area contributed by atoms with Crippen molar-refractivity contribution < 1.29 is 18.0 Å². The summed E-state index contributed by atoms with van der Waals surface area (Å²) < 4.78 is 38.7. The van der Waals surface area contributed by atoms with E-state index >= 15 is 0 Å². The van der Waals surface area contributed by atoms with Crippen LogP contribution in [-0.4, -0.2) is 10.9 Å². The lowest BCUT2D eigenvalue weighted by atomic mass is 10.2. The van der Waals surface area contributed by atoms with Crippen LogP contribution in [0.4, 0.5) is 18.9 Å². The van der Waals surface area contributed by atoms with E-state index in [0.29, 0.717) is 0 Å². The third-order valence-electron chi connectivity index (χ3n) is 1.95. The van der Waals surface area contributed by atoms with Gasteiger partial charge in [0.15, 0.2) is 17.5 Å². The van der Waals surface area contributed by atoms with E-state index in [1.165, 1.54) is 22.2 Å². The fourth-order valence-corrected chi connectivity index (χ4v) is 1.67. The average Bonchev–Trinajstić information content (AvgIpc) is 2.83. The SMILES string of the molecule is O=C(Nc1ccc(F)c(F)c1F)c1cscn1. The van der Waals surface area contributed by atoms with Crippen LogP contribution in [0.5, 0.6) is 0 Å². The number of halogens is 3. The molecule has 0 atom stereocenters. The van der Waals surface area contributed by atoms with Crippen LogP contribution in [0.3, 0.4) is 0 Å². The zero-order valence-corrected chi connectivity index (χ0v) is 9.02. The third kappa shape index (κ3) is 2.28.